The van der Waals surface area contributed by atoms with E-state index >= 15 is 0 Å². The smallest absolute Gasteiger partial charge is 0.261 e. The number of halogens is 1. The molecule has 0 unspecified atom stereocenters. The summed E-state index contributed by atoms with van der Waals surface area (Å²) in [4.78, 5) is 13.4. The number of carbonyl (C=O) groups is 1. The fourth-order valence-corrected chi connectivity index (χ4v) is 4.27. The highest BCUT2D eigenvalue weighted by atomic mass is 35.5. The Morgan fingerprint density at radius 1 is 1.19 bits per heavy atom. The number of nitrogens with one attached hydrogen (secondary N) is 1. The second kappa shape index (κ2) is 7.17. The van der Waals surface area contributed by atoms with E-state index < -0.39 is 10.0 Å². The summed E-state index contributed by atoms with van der Waals surface area (Å²) < 4.78 is 33.0. The lowest BCUT2D eigenvalue weighted by Crippen LogP contribution is -2.34. The number of fused-ring (bicyclic) bond motifs is 1. The molecule has 1 N–H and O–H groups in total. The van der Waals surface area contributed by atoms with Gasteiger partial charge in [0, 0.05) is 20.0 Å². The summed E-state index contributed by atoms with van der Waals surface area (Å²) in [5, 5.41) is 0.315. The lowest BCUT2D eigenvalue weighted by molar-refractivity contribution is -0.129. The van der Waals surface area contributed by atoms with E-state index in [1.165, 1.54) is 20.1 Å². The third-order valence-electron chi connectivity index (χ3n) is 4.35. The van der Waals surface area contributed by atoms with E-state index in [1.807, 2.05) is 6.07 Å². The molecule has 6 nitrogen and oxygen atoms in total. The Kier molecular flexibility index (Phi) is 5.11. The maximum absolute atomic E-state index is 12.7. The standard InChI is InChI=1S/C18H19ClN2O4S/c1-12(22)21-8-7-13-3-5-16(9-14(13)11-21)26(23,24)20-15-4-6-18(25-2)17(19)10-15/h3-6,9-10,20H,7-8,11H2,1-2H3. The number of rotatable bonds is 4. The molecule has 0 bridgehead atoms. The van der Waals surface area contributed by atoms with Gasteiger partial charge in [0.1, 0.15) is 5.75 Å². The van der Waals surface area contributed by atoms with Crippen molar-refractivity contribution in [2.24, 2.45) is 0 Å². The van der Waals surface area contributed by atoms with Crippen LogP contribution in [0, 0.1) is 0 Å². The number of sulfonamides is 1. The van der Waals surface area contributed by atoms with Gasteiger partial charge in [-0.25, -0.2) is 8.42 Å². The van der Waals surface area contributed by atoms with Crippen molar-refractivity contribution in [3.8, 4) is 5.75 Å². The summed E-state index contributed by atoms with van der Waals surface area (Å²) in [7, 11) is -2.29. The molecule has 3 rings (SSSR count). The highest BCUT2D eigenvalue weighted by molar-refractivity contribution is 7.92. The molecule has 2 aromatic rings. The monoisotopic (exact) mass is 394 g/mol. The molecule has 0 atom stereocenters. The van der Waals surface area contributed by atoms with Crippen molar-refractivity contribution in [1.29, 1.82) is 0 Å². The van der Waals surface area contributed by atoms with Crippen LogP contribution in [0.4, 0.5) is 5.69 Å². The zero-order valence-electron chi connectivity index (χ0n) is 14.5. The number of amides is 1. The van der Waals surface area contributed by atoms with Crippen LogP contribution < -0.4 is 9.46 Å². The summed E-state index contributed by atoms with van der Waals surface area (Å²) >= 11 is 6.05. The fraction of sp³-hybridized carbons (Fsp3) is 0.278. The number of nitrogens with zero attached hydrogens (tertiary/aromatic N) is 1. The molecule has 1 heterocycles. The quantitative estimate of drug-likeness (QED) is 0.864. The van der Waals surface area contributed by atoms with Crippen LogP contribution in [-0.4, -0.2) is 32.9 Å². The molecule has 1 aliphatic heterocycles. The highest BCUT2D eigenvalue weighted by Crippen LogP contribution is 2.29. The van der Waals surface area contributed by atoms with E-state index in [0.717, 1.165) is 17.5 Å². The number of methoxy groups -OCH3 is 1. The van der Waals surface area contributed by atoms with Gasteiger partial charge in [-0.2, -0.15) is 0 Å². The predicted molar refractivity (Wildman–Crippen MR) is 100 cm³/mol. The third kappa shape index (κ3) is 3.78. The first-order valence-corrected chi connectivity index (χ1v) is 9.90. The molecule has 1 amide bonds. The van der Waals surface area contributed by atoms with Crippen LogP contribution in [0.15, 0.2) is 41.3 Å². The Morgan fingerprint density at radius 2 is 1.96 bits per heavy atom. The Labute approximate surface area is 157 Å². The van der Waals surface area contributed by atoms with Gasteiger partial charge in [0.15, 0.2) is 0 Å². The molecule has 2 aromatic carbocycles. The average molecular weight is 395 g/mol. The first-order chi connectivity index (χ1) is 12.3. The van der Waals surface area contributed by atoms with E-state index in [9.17, 15) is 13.2 Å². The van der Waals surface area contributed by atoms with Gasteiger partial charge < -0.3 is 9.64 Å². The molecule has 0 spiro atoms. The van der Waals surface area contributed by atoms with Crippen molar-refractivity contribution >= 4 is 33.2 Å². The second-order valence-corrected chi connectivity index (χ2v) is 8.17. The zero-order chi connectivity index (χ0) is 18.9. The number of anilines is 1. The molecule has 0 aromatic heterocycles. The van der Waals surface area contributed by atoms with Gasteiger partial charge in [0.05, 0.1) is 22.7 Å². The van der Waals surface area contributed by atoms with Crippen LogP contribution in [0.25, 0.3) is 0 Å². The first-order valence-electron chi connectivity index (χ1n) is 8.04. The van der Waals surface area contributed by atoms with Gasteiger partial charge in [0.2, 0.25) is 5.91 Å². The summed E-state index contributed by atoms with van der Waals surface area (Å²) in [6.07, 6.45) is 0.719. The van der Waals surface area contributed by atoms with E-state index in [1.54, 1.807) is 29.2 Å². The Hall–Kier alpha value is -2.25. The van der Waals surface area contributed by atoms with Gasteiger partial charge in [-0.15, -0.1) is 0 Å². The number of ether oxygens (including phenoxy) is 1. The Balaban J connectivity index is 1.87. The van der Waals surface area contributed by atoms with E-state index in [2.05, 4.69) is 4.72 Å². The molecule has 0 fully saturated rings. The molecule has 8 heteroatoms. The molecular formula is C18H19ClN2O4S. The highest BCUT2D eigenvalue weighted by Gasteiger charge is 2.22. The maximum atomic E-state index is 12.7. The number of benzene rings is 2. The molecule has 0 saturated heterocycles. The van der Waals surface area contributed by atoms with Crippen molar-refractivity contribution < 1.29 is 17.9 Å². The van der Waals surface area contributed by atoms with Crippen LogP contribution in [0.3, 0.4) is 0 Å². The van der Waals surface area contributed by atoms with Crippen molar-refractivity contribution in [2.75, 3.05) is 18.4 Å². The average Bonchev–Trinajstić information content (AvgIpc) is 2.60. The maximum Gasteiger partial charge on any atom is 0.261 e. The van der Waals surface area contributed by atoms with Gasteiger partial charge in [-0.05, 0) is 47.9 Å². The number of hydrogen-bond acceptors (Lipinski definition) is 4. The summed E-state index contributed by atoms with van der Waals surface area (Å²) in [5.74, 6) is 0.447. The fourth-order valence-electron chi connectivity index (χ4n) is 2.91. The minimum Gasteiger partial charge on any atom is -0.495 e. The number of hydrogen-bond donors (Lipinski definition) is 1. The lowest BCUT2D eigenvalue weighted by Gasteiger charge is -2.28. The zero-order valence-corrected chi connectivity index (χ0v) is 16.0. The van der Waals surface area contributed by atoms with E-state index in [4.69, 9.17) is 16.3 Å². The van der Waals surface area contributed by atoms with Crippen molar-refractivity contribution in [3.05, 3.63) is 52.5 Å². The first kappa shape index (κ1) is 18.5. The molecule has 0 radical (unpaired) electrons. The molecule has 1 aliphatic rings. The van der Waals surface area contributed by atoms with Crippen LogP contribution >= 0.6 is 11.6 Å². The SMILES string of the molecule is COc1ccc(NS(=O)(=O)c2ccc3c(c2)CN(C(C)=O)CC3)cc1Cl. The summed E-state index contributed by atoms with van der Waals surface area (Å²) in [6.45, 7) is 2.58. The predicted octanol–water partition coefficient (Wildman–Crippen LogP) is 3.05. The van der Waals surface area contributed by atoms with Gasteiger partial charge >= 0.3 is 0 Å². The van der Waals surface area contributed by atoms with Gasteiger partial charge in [-0.1, -0.05) is 17.7 Å². The molecule has 0 aliphatic carbocycles. The Bertz CT molecular complexity index is 960. The largest absolute Gasteiger partial charge is 0.495 e. The van der Waals surface area contributed by atoms with E-state index in [-0.39, 0.29) is 10.8 Å². The second-order valence-electron chi connectivity index (χ2n) is 6.08. The van der Waals surface area contributed by atoms with Crippen LogP contribution in [0.1, 0.15) is 18.1 Å². The Morgan fingerprint density at radius 3 is 2.62 bits per heavy atom. The minimum absolute atomic E-state index is 0.0186. The number of carbonyl (C=O) groups excluding carboxylic acids is 1. The molecular weight excluding hydrogens is 376 g/mol. The molecule has 138 valence electrons. The van der Waals surface area contributed by atoms with E-state index in [0.29, 0.717) is 29.5 Å². The lowest BCUT2D eigenvalue weighted by atomic mass is 10.00. The summed E-state index contributed by atoms with van der Waals surface area (Å²) in [6, 6.07) is 9.68. The van der Waals surface area contributed by atoms with Crippen LogP contribution in [0.5, 0.6) is 5.75 Å². The molecule has 0 saturated carbocycles. The normalized spacial score (nSPS) is 13.9. The molecule has 26 heavy (non-hydrogen) atoms. The van der Waals surface area contributed by atoms with Crippen molar-refractivity contribution in [1.82, 2.24) is 4.90 Å². The van der Waals surface area contributed by atoms with Crippen LogP contribution in [-0.2, 0) is 27.8 Å². The van der Waals surface area contributed by atoms with Crippen molar-refractivity contribution in [2.45, 2.75) is 24.8 Å². The van der Waals surface area contributed by atoms with Gasteiger partial charge in [0.25, 0.3) is 10.0 Å². The third-order valence-corrected chi connectivity index (χ3v) is 6.02. The topological polar surface area (TPSA) is 75.7 Å². The van der Waals surface area contributed by atoms with Gasteiger partial charge in [-0.3, -0.25) is 9.52 Å². The van der Waals surface area contributed by atoms with Crippen LogP contribution in [0.2, 0.25) is 5.02 Å². The van der Waals surface area contributed by atoms with Crippen molar-refractivity contribution in [3.63, 3.8) is 0 Å². The minimum atomic E-state index is -3.77. The summed E-state index contributed by atoms with van der Waals surface area (Å²) in [5.41, 5.74) is 2.26.